The zero-order valence-corrected chi connectivity index (χ0v) is 12.5. The molecule has 0 atom stereocenters. The third kappa shape index (κ3) is 3.67. The van der Waals surface area contributed by atoms with Gasteiger partial charge in [0.15, 0.2) is 5.78 Å². The van der Waals surface area contributed by atoms with E-state index in [1.54, 1.807) is 12.1 Å². The Morgan fingerprint density at radius 3 is 2.37 bits per heavy atom. The molecule has 0 N–H and O–H groups in total. The molecular formula is C16H15BrO2. The van der Waals surface area contributed by atoms with Gasteiger partial charge in [-0.3, -0.25) is 4.79 Å². The number of hydrogen-bond donors (Lipinski definition) is 0. The van der Waals surface area contributed by atoms with E-state index in [0.29, 0.717) is 11.1 Å². The van der Waals surface area contributed by atoms with Crippen LogP contribution < -0.4 is 4.74 Å². The number of hydrogen-bond acceptors (Lipinski definition) is 2. The van der Waals surface area contributed by atoms with Crippen LogP contribution in [0.2, 0.25) is 0 Å². The first kappa shape index (κ1) is 13.8. The van der Waals surface area contributed by atoms with Crippen LogP contribution in [-0.2, 0) is 0 Å². The Hall–Kier alpha value is -1.61. The molecule has 0 aliphatic rings. The SMILES string of the molecule is CC(C)Oc1cccc(C(=O)c2ccc(Br)cc2)c1. The molecule has 0 aliphatic heterocycles. The predicted octanol–water partition coefficient (Wildman–Crippen LogP) is 4.47. The van der Waals surface area contributed by atoms with E-state index in [9.17, 15) is 4.79 Å². The van der Waals surface area contributed by atoms with E-state index in [0.717, 1.165) is 10.2 Å². The summed E-state index contributed by atoms with van der Waals surface area (Å²) in [5, 5.41) is 0. The van der Waals surface area contributed by atoms with Crippen LogP contribution in [0.25, 0.3) is 0 Å². The Bertz CT molecular complexity index is 574. The monoisotopic (exact) mass is 318 g/mol. The highest BCUT2D eigenvalue weighted by molar-refractivity contribution is 9.10. The maximum Gasteiger partial charge on any atom is 0.193 e. The summed E-state index contributed by atoms with van der Waals surface area (Å²) in [6.07, 6.45) is 0.0954. The number of rotatable bonds is 4. The van der Waals surface area contributed by atoms with Crippen LogP contribution in [0, 0.1) is 0 Å². The van der Waals surface area contributed by atoms with Crippen LogP contribution in [0.4, 0.5) is 0 Å². The molecule has 0 amide bonds. The third-order valence-electron chi connectivity index (χ3n) is 2.57. The second-order valence-electron chi connectivity index (χ2n) is 4.53. The zero-order chi connectivity index (χ0) is 13.8. The molecule has 0 fully saturated rings. The maximum absolute atomic E-state index is 12.3. The van der Waals surface area contributed by atoms with E-state index in [2.05, 4.69) is 15.9 Å². The van der Waals surface area contributed by atoms with Gasteiger partial charge in [0.2, 0.25) is 0 Å². The summed E-state index contributed by atoms with van der Waals surface area (Å²) >= 11 is 3.36. The number of ether oxygens (including phenoxy) is 1. The van der Waals surface area contributed by atoms with Gasteiger partial charge in [-0.15, -0.1) is 0 Å². The number of carbonyl (C=O) groups is 1. The molecule has 2 nitrogen and oxygen atoms in total. The third-order valence-corrected chi connectivity index (χ3v) is 3.10. The van der Waals surface area contributed by atoms with Gasteiger partial charge in [-0.25, -0.2) is 0 Å². The quantitative estimate of drug-likeness (QED) is 0.777. The van der Waals surface area contributed by atoms with E-state index in [1.165, 1.54) is 0 Å². The van der Waals surface area contributed by atoms with Gasteiger partial charge in [-0.2, -0.15) is 0 Å². The van der Waals surface area contributed by atoms with Gasteiger partial charge < -0.3 is 4.74 Å². The van der Waals surface area contributed by atoms with Crippen molar-refractivity contribution in [3.05, 3.63) is 64.1 Å². The summed E-state index contributed by atoms with van der Waals surface area (Å²) in [6, 6.07) is 14.6. The van der Waals surface area contributed by atoms with Crippen molar-refractivity contribution in [1.29, 1.82) is 0 Å². The molecule has 0 unspecified atom stereocenters. The van der Waals surface area contributed by atoms with E-state index >= 15 is 0 Å². The van der Waals surface area contributed by atoms with Gasteiger partial charge in [0.05, 0.1) is 6.10 Å². The van der Waals surface area contributed by atoms with Gasteiger partial charge in [0.25, 0.3) is 0 Å². The molecule has 0 aliphatic carbocycles. The van der Waals surface area contributed by atoms with Crippen molar-refractivity contribution in [2.45, 2.75) is 20.0 Å². The average molecular weight is 319 g/mol. The summed E-state index contributed by atoms with van der Waals surface area (Å²) in [4.78, 5) is 12.3. The van der Waals surface area contributed by atoms with Crippen LogP contribution in [0.3, 0.4) is 0 Å². The predicted molar refractivity (Wildman–Crippen MR) is 79.8 cm³/mol. The van der Waals surface area contributed by atoms with Crippen molar-refractivity contribution in [3.63, 3.8) is 0 Å². The highest BCUT2D eigenvalue weighted by Crippen LogP contribution is 2.19. The Labute approximate surface area is 121 Å². The largest absolute Gasteiger partial charge is 0.491 e. The first-order valence-corrected chi connectivity index (χ1v) is 6.92. The Morgan fingerprint density at radius 1 is 1.05 bits per heavy atom. The highest BCUT2D eigenvalue weighted by Gasteiger charge is 2.10. The van der Waals surface area contributed by atoms with Gasteiger partial charge in [0.1, 0.15) is 5.75 Å². The molecule has 0 saturated carbocycles. The van der Waals surface area contributed by atoms with Crippen molar-refractivity contribution in [3.8, 4) is 5.75 Å². The first-order chi connectivity index (χ1) is 9.06. The molecule has 0 radical (unpaired) electrons. The van der Waals surface area contributed by atoms with Gasteiger partial charge in [-0.05, 0) is 50.2 Å². The minimum absolute atomic E-state index is 0.00158. The molecule has 0 bridgehead atoms. The first-order valence-electron chi connectivity index (χ1n) is 6.13. The molecule has 19 heavy (non-hydrogen) atoms. The summed E-state index contributed by atoms with van der Waals surface area (Å²) in [7, 11) is 0. The smallest absolute Gasteiger partial charge is 0.193 e. The van der Waals surface area contributed by atoms with Crippen LogP contribution in [0.15, 0.2) is 53.0 Å². The zero-order valence-electron chi connectivity index (χ0n) is 10.9. The number of ketones is 1. The standard InChI is InChI=1S/C16H15BrO2/c1-11(2)19-15-5-3-4-13(10-15)16(18)12-6-8-14(17)9-7-12/h3-11H,1-2H3. The van der Waals surface area contributed by atoms with Crippen LogP contribution >= 0.6 is 15.9 Å². The lowest BCUT2D eigenvalue weighted by Gasteiger charge is -2.10. The van der Waals surface area contributed by atoms with E-state index in [4.69, 9.17) is 4.74 Å². The highest BCUT2D eigenvalue weighted by atomic mass is 79.9. The Kier molecular flexibility index (Phi) is 4.38. The summed E-state index contributed by atoms with van der Waals surface area (Å²) in [6.45, 7) is 3.92. The van der Waals surface area contributed by atoms with Crippen molar-refractivity contribution in [2.24, 2.45) is 0 Å². The molecule has 0 aromatic heterocycles. The van der Waals surface area contributed by atoms with E-state index < -0.39 is 0 Å². The Balaban J connectivity index is 2.26. The number of benzene rings is 2. The lowest BCUT2D eigenvalue weighted by Crippen LogP contribution is -2.07. The molecule has 0 saturated heterocycles. The summed E-state index contributed by atoms with van der Waals surface area (Å²) < 4.78 is 6.56. The van der Waals surface area contributed by atoms with Gasteiger partial charge in [0, 0.05) is 15.6 Å². The van der Waals surface area contributed by atoms with E-state index in [-0.39, 0.29) is 11.9 Å². The molecule has 0 spiro atoms. The Morgan fingerprint density at radius 2 is 1.74 bits per heavy atom. The number of carbonyl (C=O) groups excluding carboxylic acids is 1. The molecule has 2 aromatic rings. The lowest BCUT2D eigenvalue weighted by molar-refractivity contribution is 0.103. The van der Waals surface area contributed by atoms with E-state index in [1.807, 2.05) is 50.2 Å². The summed E-state index contributed by atoms with van der Waals surface area (Å²) in [5.74, 6) is 0.722. The van der Waals surface area contributed by atoms with Crippen LogP contribution in [-0.4, -0.2) is 11.9 Å². The fourth-order valence-corrected chi connectivity index (χ4v) is 2.02. The fraction of sp³-hybridized carbons (Fsp3) is 0.188. The van der Waals surface area contributed by atoms with Gasteiger partial charge in [-0.1, -0.05) is 28.1 Å². The molecular weight excluding hydrogens is 304 g/mol. The summed E-state index contributed by atoms with van der Waals surface area (Å²) in [5.41, 5.74) is 1.31. The average Bonchev–Trinajstić information content (AvgIpc) is 2.38. The van der Waals surface area contributed by atoms with Crippen molar-refractivity contribution < 1.29 is 9.53 Å². The number of halogens is 1. The van der Waals surface area contributed by atoms with Crippen molar-refractivity contribution in [1.82, 2.24) is 0 Å². The fourth-order valence-electron chi connectivity index (χ4n) is 1.75. The lowest BCUT2D eigenvalue weighted by atomic mass is 10.0. The molecule has 3 heteroatoms. The van der Waals surface area contributed by atoms with Crippen LogP contribution in [0.5, 0.6) is 5.75 Å². The topological polar surface area (TPSA) is 26.3 Å². The van der Waals surface area contributed by atoms with Crippen molar-refractivity contribution >= 4 is 21.7 Å². The minimum atomic E-state index is 0.00158. The maximum atomic E-state index is 12.3. The van der Waals surface area contributed by atoms with Gasteiger partial charge >= 0.3 is 0 Å². The second-order valence-corrected chi connectivity index (χ2v) is 5.45. The minimum Gasteiger partial charge on any atom is -0.491 e. The molecule has 0 heterocycles. The second kappa shape index (κ2) is 6.02. The van der Waals surface area contributed by atoms with Crippen molar-refractivity contribution in [2.75, 3.05) is 0 Å². The molecule has 2 rings (SSSR count). The van der Waals surface area contributed by atoms with Crippen LogP contribution in [0.1, 0.15) is 29.8 Å². The molecule has 98 valence electrons. The molecule has 2 aromatic carbocycles. The normalized spacial score (nSPS) is 10.5.